The van der Waals surface area contributed by atoms with Crippen molar-refractivity contribution in [3.8, 4) is 0 Å². The number of amides is 3. The molecule has 0 unspecified atom stereocenters. The second-order valence-electron chi connectivity index (χ2n) is 7.09. The van der Waals surface area contributed by atoms with Gasteiger partial charge in [0.2, 0.25) is 5.91 Å². The quantitative estimate of drug-likeness (QED) is 0.887. The number of nitrogens with zero attached hydrogens (tertiary/aromatic N) is 2. The summed E-state index contributed by atoms with van der Waals surface area (Å²) in [6.07, 6.45) is 2.96. The summed E-state index contributed by atoms with van der Waals surface area (Å²) in [5.74, 6) is -0.0963. The number of likely N-dealkylation sites (tertiary alicyclic amines) is 1. The van der Waals surface area contributed by atoms with Crippen LogP contribution < -0.4 is 11.1 Å². The molecular formula is C16H26N4O2S. The Morgan fingerprint density at radius 1 is 1.43 bits per heavy atom. The molecule has 0 saturated carbocycles. The van der Waals surface area contributed by atoms with Gasteiger partial charge < -0.3 is 16.0 Å². The lowest BCUT2D eigenvalue weighted by atomic mass is 9.93. The first kappa shape index (κ1) is 17.7. The van der Waals surface area contributed by atoms with Crippen molar-refractivity contribution in [3.05, 3.63) is 16.1 Å². The number of hydrogen-bond acceptors (Lipinski definition) is 4. The second-order valence-corrected chi connectivity index (χ2v) is 7.98. The molecule has 2 atom stereocenters. The molecule has 1 aromatic heterocycles. The van der Waals surface area contributed by atoms with E-state index >= 15 is 0 Å². The SMILES string of the molecule is C[C@H](NC(N)=O)C(=O)N1CCCC[C@@H]1c1nc(C(C)(C)C)cs1. The van der Waals surface area contributed by atoms with Crippen LogP contribution in [0.2, 0.25) is 0 Å². The van der Waals surface area contributed by atoms with E-state index in [1.165, 1.54) is 0 Å². The van der Waals surface area contributed by atoms with Crippen LogP contribution in [-0.2, 0) is 10.2 Å². The molecule has 2 heterocycles. The molecule has 1 aromatic rings. The topological polar surface area (TPSA) is 88.3 Å². The van der Waals surface area contributed by atoms with Crippen LogP contribution in [0.25, 0.3) is 0 Å². The average molecular weight is 338 g/mol. The number of piperidine rings is 1. The van der Waals surface area contributed by atoms with Gasteiger partial charge in [-0.15, -0.1) is 11.3 Å². The minimum absolute atomic E-state index is 0.000921. The highest BCUT2D eigenvalue weighted by molar-refractivity contribution is 7.09. The van der Waals surface area contributed by atoms with Crippen LogP contribution in [-0.4, -0.2) is 34.4 Å². The van der Waals surface area contributed by atoms with Crippen LogP contribution in [0.3, 0.4) is 0 Å². The molecule has 1 saturated heterocycles. The molecule has 23 heavy (non-hydrogen) atoms. The first-order valence-corrected chi connectivity index (χ1v) is 8.90. The van der Waals surface area contributed by atoms with Gasteiger partial charge in [-0.25, -0.2) is 9.78 Å². The van der Waals surface area contributed by atoms with E-state index in [0.29, 0.717) is 6.54 Å². The number of primary amides is 1. The highest BCUT2D eigenvalue weighted by Crippen LogP contribution is 2.35. The third-order valence-corrected chi connectivity index (χ3v) is 5.04. The summed E-state index contributed by atoms with van der Waals surface area (Å²) in [6, 6.07) is -1.30. The summed E-state index contributed by atoms with van der Waals surface area (Å²) >= 11 is 1.61. The zero-order chi connectivity index (χ0) is 17.2. The van der Waals surface area contributed by atoms with Crippen molar-refractivity contribution < 1.29 is 9.59 Å². The number of nitrogens with two attached hydrogens (primary N) is 1. The van der Waals surface area contributed by atoms with E-state index in [4.69, 9.17) is 10.7 Å². The highest BCUT2D eigenvalue weighted by Gasteiger charge is 2.33. The number of nitrogens with one attached hydrogen (secondary N) is 1. The van der Waals surface area contributed by atoms with Crippen LogP contribution >= 0.6 is 11.3 Å². The van der Waals surface area contributed by atoms with Gasteiger partial charge >= 0.3 is 6.03 Å². The smallest absolute Gasteiger partial charge is 0.312 e. The Hall–Kier alpha value is -1.63. The minimum atomic E-state index is -0.677. The number of thiazole rings is 1. The second kappa shape index (κ2) is 6.86. The predicted octanol–water partition coefficient (Wildman–Crippen LogP) is 2.55. The van der Waals surface area contributed by atoms with Gasteiger partial charge in [0.15, 0.2) is 0 Å². The summed E-state index contributed by atoms with van der Waals surface area (Å²) in [6.45, 7) is 8.76. The van der Waals surface area contributed by atoms with Gasteiger partial charge in [-0.1, -0.05) is 20.8 Å². The summed E-state index contributed by atoms with van der Waals surface area (Å²) in [7, 11) is 0. The van der Waals surface area contributed by atoms with E-state index in [1.54, 1.807) is 18.3 Å². The first-order valence-electron chi connectivity index (χ1n) is 8.02. The van der Waals surface area contributed by atoms with Gasteiger partial charge in [-0.3, -0.25) is 4.79 Å². The standard InChI is InChI=1S/C16H26N4O2S/c1-10(18-15(17)22)14(21)20-8-6-5-7-11(20)13-19-12(9-23-13)16(2,3)4/h9-11H,5-8H2,1-4H3,(H3,17,18,22)/t10-,11+/m0/s1. The van der Waals surface area contributed by atoms with Crippen molar-refractivity contribution in [2.75, 3.05) is 6.54 Å². The number of carbonyl (C=O) groups excluding carboxylic acids is 2. The van der Waals surface area contributed by atoms with E-state index in [1.807, 2.05) is 4.90 Å². The van der Waals surface area contributed by atoms with Gasteiger partial charge in [-0.2, -0.15) is 0 Å². The van der Waals surface area contributed by atoms with E-state index in [9.17, 15) is 9.59 Å². The Labute approximate surface area is 141 Å². The first-order chi connectivity index (χ1) is 10.7. The zero-order valence-corrected chi connectivity index (χ0v) is 15.1. The van der Waals surface area contributed by atoms with E-state index < -0.39 is 12.1 Å². The molecule has 128 valence electrons. The van der Waals surface area contributed by atoms with Gasteiger partial charge in [0.25, 0.3) is 0 Å². The van der Waals surface area contributed by atoms with Crippen LogP contribution in [0, 0.1) is 0 Å². The molecule has 2 rings (SSSR count). The van der Waals surface area contributed by atoms with Crippen molar-refractivity contribution in [2.24, 2.45) is 5.73 Å². The minimum Gasteiger partial charge on any atom is -0.352 e. The highest BCUT2D eigenvalue weighted by atomic mass is 32.1. The lowest BCUT2D eigenvalue weighted by Crippen LogP contribution is -2.50. The van der Waals surface area contributed by atoms with E-state index in [2.05, 4.69) is 31.5 Å². The normalized spacial score (nSPS) is 20.2. The largest absolute Gasteiger partial charge is 0.352 e. The molecule has 0 spiro atoms. The number of hydrogen-bond donors (Lipinski definition) is 2. The maximum atomic E-state index is 12.7. The molecule has 3 amide bonds. The van der Waals surface area contributed by atoms with E-state index in [0.717, 1.165) is 30.0 Å². The Bertz CT molecular complexity index is 579. The van der Waals surface area contributed by atoms with Crippen LogP contribution in [0.5, 0.6) is 0 Å². The molecule has 6 nitrogen and oxygen atoms in total. The Morgan fingerprint density at radius 2 is 2.13 bits per heavy atom. The van der Waals surface area contributed by atoms with Crippen molar-refractivity contribution in [1.29, 1.82) is 0 Å². The van der Waals surface area contributed by atoms with Gasteiger partial charge in [0.05, 0.1) is 11.7 Å². The summed E-state index contributed by atoms with van der Waals surface area (Å²) in [4.78, 5) is 30.3. The Morgan fingerprint density at radius 3 is 2.70 bits per heavy atom. The van der Waals surface area contributed by atoms with Gasteiger partial charge in [0, 0.05) is 17.3 Å². The molecule has 1 fully saturated rings. The fraction of sp³-hybridized carbons (Fsp3) is 0.688. The molecule has 0 bridgehead atoms. The summed E-state index contributed by atoms with van der Waals surface area (Å²) in [5, 5.41) is 5.53. The predicted molar refractivity (Wildman–Crippen MR) is 91.3 cm³/mol. The van der Waals surface area contributed by atoms with Crippen molar-refractivity contribution in [2.45, 2.75) is 64.5 Å². The fourth-order valence-corrected chi connectivity index (χ4v) is 3.95. The number of urea groups is 1. The van der Waals surface area contributed by atoms with Gasteiger partial charge in [-0.05, 0) is 26.2 Å². The summed E-state index contributed by atoms with van der Waals surface area (Å²) < 4.78 is 0. The Kier molecular flexibility index (Phi) is 5.29. The van der Waals surface area contributed by atoms with Crippen LogP contribution in [0.1, 0.15) is 63.7 Å². The van der Waals surface area contributed by atoms with Crippen LogP contribution in [0.15, 0.2) is 5.38 Å². The maximum absolute atomic E-state index is 12.7. The maximum Gasteiger partial charge on any atom is 0.312 e. The number of carbonyl (C=O) groups is 2. The lowest BCUT2D eigenvalue weighted by molar-refractivity contribution is -0.136. The third-order valence-electron chi connectivity index (χ3n) is 4.09. The number of rotatable bonds is 3. The Balaban J connectivity index is 2.20. The molecule has 1 aliphatic rings. The van der Waals surface area contributed by atoms with Crippen LogP contribution in [0.4, 0.5) is 4.79 Å². The molecule has 3 N–H and O–H groups in total. The monoisotopic (exact) mass is 338 g/mol. The molecule has 0 aliphatic carbocycles. The molecule has 7 heteroatoms. The molecular weight excluding hydrogens is 312 g/mol. The lowest BCUT2D eigenvalue weighted by Gasteiger charge is -2.36. The van der Waals surface area contributed by atoms with Crippen molar-refractivity contribution in [3.63, 3.8) is 0 Å². The molecule has 0 radical (unpaired) electrons. The number of aromatic nitrogens is 1. The average Bonchev–Trinajstić information content (AvgIpc) is 2.95. The summed E-state index contributed by atoms with van der Waals surface area (Å²) in [5.41, 5.74) is 6.18. The van der Waals surface area contributed by atoms with Crippen molar-refractivity contribution in [1.82, 2.24) is 15.2 Å². The van der Waals surface area contributed by atoms with Gasteiger partial charge in [0.1, 0.15) is 11.0 Å². The third kappa shape index (κ3) is 4.22. The van der Waals surface area contributed by atoms with Crippen molar-refractivity contribution >= 4 is 23.3 Å². The van der Waals surface area contributed by atoms with E-state index in [-0.39, 0.29) is 17.4 Å². The fourth-order valence-electron chi connectivity index (χ4n) is 2.76. The molecule has 1 aliphatic heterocycles. The zero-order valence-electron chi connectivity index (χ0n) is 14.3. The molecule has 0 aromatic carbocycles.